The summed E-state index contributed by atoms with van der Waals surface area (Å²) in [5.41, 5.74) is -0.362. The second kappa shape index (κ2) is 6.40. The molecule has 0 aromatic carbocycles. The van der Waals surface area contributed by atoms with E-state index < -0.39 is 22.0 Å². The van der Waals surface area contributed by atoms with Gasteiger partial charge in [-0.15, -0.1) is 0 Å². The largest absolute Gasteiger partial charge is 0.469 e. The van der Waals surface area contributed by atoms with Crippen LogP contribution >= 0.6 is 0 Å². The molecule has 1 aliphatic rings. The lowest BCUT2D eigenvalue weighted by molar-refractivity contribution is -0.141. The molecule has 1 atom stereocenters. The van der Waals surface area contributed by atoms with Crippen LogP contribution in [-0.2, 0) is 19.6 Å². The molecule has 0 amide bonds. The number of esters is 1. The number of nitrogens with one attached hydrogen (secondary N) is 1. The van der Waals surface area contributed by atoms with Gasteiger partial charge < -0.3 is 9.72 Å². The van der Waals surface area contributed by atoms with E-state index in [4.69, 9.17) is 0 Å². The molecule has 1 unspecified atom stereocenters. The number of methoxy groups -OCH3 is 1. The highest BCUT2D eigenvalue weighted by Crippen LogP contribution is 2.26. The number of pyridine rings is 1. The lowest BCUT2D eigenvalue weighted by Gasteiger charge is -2.33. The first kappa shape index (κ1) is 15.7. The third-order valence-electron chi connectivity index (χ3n) is 3.57. The van der Waals surface area contributed by atoms with E-state index in [1.54, 1.807) is 0 Å². The van der Waals surface area contributed by atoms with Gasteiger partial charge in [0.05, 0.1) is 18.4 Å². The van der Waals surface area contributed by atoms with Crippen molar-refractivity contribution in [3.05, 3.63) is 28.7 Å². The molecule has 21 heavy (non-hydrogen) atoms. The minimum absolute atomic E-state index is 0.0267. The molecule has 0 aliphatic carbocycles. The van der Waals surface area contributed by atoms with Gasteiger partial charge in [-0.1, -0.05) is 6.42 Å². The van der Waals surface area contributed by atoms with Crippen molar-refractivity contribution in [2.24, 2.45) is 0 Å². The van der Waals surface area contributed by atoms with Crippen LogP contribution in [0.4, 0.5) is 0 Å². The Bertz CT molecular complexity index is 647. The molecule has 1 N–H and O–H groups in total. The van der Waals surface area contributed by atoms with Crippen molar-refractivity contribution in [1.82, 2.24) is 9.29 Å². The maximum Gasteiger partial charge on any atom is 0.307 e. The molecule has 1 aromatic rings. The average Bonchev–Trinajstić information content (AvgIpc) is 2.48. The fourth-order valence-electron chi connectivity index (χ4n) is 2.46. The highest BCUT2D eigenvalue weighted by atomic mass is 32.2. The maximum atomic E-state index is 12.6. The van der Waals surface area contributed by atoms with Gasteiger partial charge in [0.25, 0.3) is 0 Å². The molecule has 7 nitrogen and oxygen atoms in total. The molecule has 1 aromatic heterocycles. The Labute approximate surface area is 123 Å². The molecule has 0 saturated carbocycles. The minimum Gasteiger partial charge on any atom is -0.469 e. The third-order valence-corrected chi connectivity index (χ3v) is 5.51. The SMILES string of the molecule is COC(=O)CC1CCCCN1S(=O)(=O)c1ccc(=O)[nH]c1. The van der Waals surface area contributed by atoms with Crippen molar-refractivity contribution in [3.63, 3.8) is 0 Å². The number of sulfonamides is 1. The van der Waals surface area contributed by atoms with Gasteiger partial charge >= 0.3 is 5.97 Å². The number of nitrogens with zero attached hydrogens (tertiary/aromatic N) is 1. The van der Waals surface area contributed by atoms with Crippen LogP contribution in [0.25, 0.3) is 0 Å². The minimum atomic E-state index is -3.73. The molecule has 2 rings (SSSR count). The second-order valence-corrected chi connectivity index (χ2v) is 6.82. The molecule has 1 saturated heterocycles. The Hall–Kier alpha value is -1.67. The van der Waals surface area contributed by atoms with Crippen molar-refractivity contribution >= 4 is 16.0 Å². The van der Waals surface area contributed by atoms with E-state index in [0.717, 1.165) is 12.8 Å². The van der Waals surface area contributed by atoms with Crippen LogP contribution in [-0.4, -0.2) is 43.4 Å². The van der Waals surface area contributed by atoms with Gasteiger partial charge in [0.2, 0.25) is 15.6 Å². The van der Waals surface area contributed by atoms with E-state index in [1.807, 2.05) is 0 Å². The Morgan fingerprint density at radius 3 is 2.81 bits per heavy atom. The Balaban J connectivity index is 2.29. The Morgan fingerprint density at radius 2 is 2.19 bits per heavy atom. The van der Waals surface area contributed by atoms with Gasteiger partial charge in [0.1, 0.15) is 0 Å². The summed E-state index contributed by atoms with van der Waals surface area (Å²) in [5.74, 6) is -0.427. The van der Waals surface area contributed by atoms with Crippen LogP contribution in [0.5, 0.6) is 0 Å². The van der Waals surface area contributed by atoms with Crippen molar-refractivity contribution in [2.75, 3.05) is 13.7 Å². The number of hydrogen-bond donors (Lipinski definition) is 1. The van der Waals surface area contributed by atoms with Crippen molar-refractivity contribution < 1.29 is 17.9 Å². The smallest absolute Gasteiger partial charge is 0.307 e. The molecular formula is C13H18N2O5S. The van der Waals surface area contributed by atoms with Crippen molar-refractivity contribution in [2.45, 2.75) is 36.6 Å². The number of carbonyl (C=O) groups is 1. The molecule has 0 bridgehead atoms. The Kier molecular flexibility index (Phi) is 4.79. The maximum absolute atomic E-state index is 12.6. The first-order chi connectivity index (χ1) is 9.95. The molecule has 1 aliphatic heterocycles. The predicted molar refractivity (Wildman–Crippen MR) is 75.2 cm³/mol. The zero-order valence-electron chi connectivity index (χ0n) is 11.7. The standard InChI is InChI=1S/C13H18N2O5S/c1-20-13(17)8-10-4-2-3-7-15(10)21(18,19)11-5-6-12(16)14-9-11/h5-6,9-10H,2-4,7-8H2,1H3,(H,14,16). The summed E-state index contributed by atoms with van der Waals surface area (Å²) < 4.78 is 31.2. The highest BCUT2D eigenvalue weighted by Gasteiger charge is 2.34. The summed E-state index contributed by atoms with van der Waals surface area (Å²) in [6.07, 6.45) is 3.47. The molecule has 116 valence electrons. The predicted octanol–water partition coefficient (Wildman–Crippen LogP) is 0.481. The Morgan fingerprint density at radius 1 is 1.43 bits per heavy atom. The van der Waals surface area contributed by atoms with Gasteiger partial charge in [0, 0.05) is 24.8 Å². The number of aromatic amines is 1. The van der Waals surface area contributed by atoms with Gasteiger partial charge in [-0.05, 0) is 18.9 Å². The number of ether oxygens (including phenoxy) is 1. The molecule has 0 spiro atoms. The third kappa shape index (κ3) is 3.51. The summed E-state index contributed by atoms with van der Waals surface area (Å²) in [5, 5.41) is 0. The van der Waals surface area contributed by atoms with Gasteiger partial charge in [0.15, 0.2) is 0 Å². The van der Waals surface area contributed by atoms with E-state index in [2.05, 4.69) is 9.72 Å². The van der Waals surface area contributed by atoms with E-state index in [1.165, 1.54) is 29.7 Å². The average molecular weight is 314 g/mol. The molecule has 2 heterocycles. The van der Waals surface area contributed by atoms with Crippen LogP contribution in [0, 0.1) is 0 Å². The number of hydrogen-bond acceptors (Lipinski definition) is 5. The lowest BCUT2D eigenvalue weighted by Crippen LogP contribution is -2.44. The van der Waals surface area contributed by atoms with Crippen molar-refractivity contribution in [3.8, 4) is 0 Å². The van der Waals surface area contributed by atoms with E-state index >= 15 is 0 Å². The number of H-pyrrole nitrogens is 1. The summed E-state index contributed by atoms with van der Waals surface area (Å²) in [7, 11) is -2.44. The zero-order chi connectivity index (χ0) is 15.5. The first-order valence-electron chi connectivity index (χ1n) is 6.72. The fourth-order valence-corrected chi connectivity index (χ4v) is 4.12. The van der Waals surface area contributed by atoms with Crippen LogP contribution in [0.2, 0.25) is 0 Å². The van der Waals surface area contributed by atoms with E-state index in [0.29, 0.717) is 13.0 Å². The van der Waals surface area contributed by atoms with Crippen LogP contribution in [0.1, 0.15) is 25.7 Å². The quantitative estimate of drug-likeness (QED) is 0.815. The topological polar surface area (TPSA) is 96.5 Å². The fraction of sp³-hybridized carbons (Fsp3) is 0.538. The summed E-state index contributed by atoms with van der Waals surface area (Å²) in [4.78, 5) is 24.9. The lowest BCUT2D eigenvalue weighted by atomic mass is 10.0. The summed E-state index contributed by atoms with van der Waals surface area (Å²) in [6.45, 7) is 0.364. The first-order valence-corrected chi connectivity index (χ1v) is 8.16. The van der Waals surface area contributed by atoms with Crippen molar-refractivity contribution in [1.29, 1.82) is 0 Å². The van der Waals surface area contributed by atoms with E-state index in [9.17, 15) is 18.0 Å². The number of carbonyl (C=O) groups excluding carboxylic acids is 1. The molecule has 0 radical (unpaired) electrons. The monoisotopic (exact) mass is 314 g/mol. The number of piperidine rings is 1. The molecule has 8 heteroatoms. The highest BCUT2D eigenvalue weighted by molar-refractivity contribution is 7.89. The van der Waals surface area contributed by atoms with Crippen LogP contribution in [0.15, 0.2) is 28.0 Å². The zero-order valence-corrected chi connectivity index (χ0v) is 12.6. The second-order valence-electron chi connectivity index (χ2n) is 4.93. The van der Waals surface area contributed by atoms with Gasteiger partial charge in [-0.3, -0.25) is 9.59 Å². The van der Waals surface area contributed by atoms with Gasteiger partial charge in [-0.25, -0.2) is 8.42 Å². The summed E-state index contributed by atoms with van der Waals surface area (Å²) in [6, 6.07) is 2.05. The number of rotatable bonds is 4. The van der Waals surface area contributed by atoms with Gasteiger partial charge in [-0.2, -0.15) is 4.31 Å². The van der Waals surface area contributed by atoms with Crippen LogP contribution in [0.3, 0.4) is 0 Å². The summed E-state index contributed by atoms with van der Waals surface area (Å²) >= 11 is 0. The molecule has 1 fully saturated rings. The molecular weight excluding hydrogens is 296 g/mol. The van der Waals surface area contributed by atoms with Crippen LogP contribution < -0.4 is 5.56 Å². The van der Waals surface area contributed by atoms with E-state index in [-0.39, 0.29) is 16.9 Å². The normalized spacial score (nSPS) is 20.1. The number of aromatic nitrogens is 1.